The summed E-state index contributed by atoms with van der Waals surface area (Å²) in [6, 6.07) is 9.19. The van der Waals surface area contributed by atoms with Crippen molar-refractivity contribution in [1.82, 2.24) is 15.1 Å². The predicted molar refractivity (Wildman–Crippen MR) is 88.6 cm³/mol. The first kappa shape index (κ1) is 15.6. The Labute approximate surface area is 135 Å². The number of amides is 2. The van der Waals surface area contributed by atoms with Crippen molar-refractivity contribution < 1.29 is 9.90 Å². The summed E-state index contributed by atoms with van der Waals surface area (Å²) in [6.45, 7) is 0.125. The highest BCUT2D eigenvalue weighted by molar-refractivity contribution is 5.89. The summed E-state index contributed by atoms with van der Waals surface area (Å²) >= 11 is 0. The van der Waals surface area contributed by atoms with Crippen molar-refractivity contribution in [2.75, 3.05) is 11.9 Å². The molecule has 2 amide bonds. The number of carbonyl (C=O) groups is 1. The Hall–Kier alpha value is -2.34. The number of nitrogens with zero attached hydrogens (tertiary/aromatic N) is 2. The monoisotopic (exact) mass is 314 g/mol. The van der Waals surface area contributed by atoms with Gasteiger partial charge in [0.25, 0.3) is 0 Å². The molecule has 6 heteroatoms. The minimum atomic E-state index is -0.229. The van der Waals surface area contributed by atoms with Gasteiger partial charge in [0.05, 0.1) is 5.69 Å². The molecule has 1 fully saturated rings. The number of aliphatic hydroxyl groups excluding tert-OH is 1. The van der Waals surface area contributed by atoms with Crippen LogP contribution in [0.2, 0.25) is 0 Å². The zero-order valence-electron chi connectivity index (χ0n) is 13.0. The van der Waals surface area contributed by atoms with E-state index in [1.807, 2.05) is 36.5 Å². The summed E-state index contributed by atoms with van der Waals surface area (Å²) in [4.78, 5) is 12.2. The third-order valence-corrected chi connectivity index (χ3v) is 4.33. The molecule has 3 rings (SSSR count). The number of urea groups is 1. The Morgan fingerprint density at radius 3 is 2.96 bits per heavy atom. The van der Waals surface area contributed by atoms with Gasteiger partial charge >= 0.3 is 6.03 Å². The molecule has 2 atom stereocenters. The van der Waals surface area contributed by atoms with Crippen LogP contribution in [-0.2, 0) is 0 Å². The number of hydrogen-bond acceptors (Lipinski definition) is 3. The van der Waals surface area contributed by atoms with Gasteiger partial charge in [0.15, 0.2) is 0 Å². The van der Waals surface area contributed by atoms with Gasteiger partial charge in [-0.3, -0.25) is 0 Å². The van der Waals surface area contributed by atoms with Gasteiger partial charge in [-0.15, -0.1) is 0 Å². The summed E-state index contributed by atoms with van der Waals surface area (Å²) in [5.74, 6) is 0.157. The summed E-state index contributed by atoms with van der Waals surface area (Å²) in [6.07, 6.45) is 7.67. The smallest absolute Gasteiger partial charge is 0.319 e. The van der Waals surface area contributed by atoms with Crippen LogP contribution in [0.3, 0.4) is 0 Å². The topological polar surface area (TPSA) is 79.2 Å². The van der Waals surface area contributed by atoms with Crippen LogP contribution in [0.5, 0.6) is 0 Å². The Balaban J connectivity index is 1.62. The van der Waals surface area contributed by atoms with E-state index >= 15 is 0 Å². The number of benzene rings is 1. The van der Waals surface area contributed by atoms with Gasteiger partial charge in [-0.2, -0.15) is 5.10 Å². The number of anilines is 1. The van der Waals surface area contributed by atoms with Gasteiger partial charge < -0.3 is 15.7 Å². The maximum Gasteiger partial charge on any atom is 0.319 e. The number of hydrogen-bond donors (Lipinski definition) is 3. The average Bonchev–Trinajstić information content (AvgIpc) is 3.10. The lowest BCUT2D eigenvalue weighted by Crippen LogP contribution is -2.45. The summed E-state index contributed by atoms with van der Waals surface area (Å²) in [5, 5.41) is 19.5. The van der Waals surface area contributed by atoms with E-state index in [4.69, 9.17) is 0 Å². The highest BCUT2D eigenvalue weighted by atomic mass is 16.3. The largest absolute Gasteiger partial charge is 0.396 e. The first-order chi connectivity index (χ1) is 11.3. The van der Waals surface area contributed by atoms with Gasteiger partial charge in [-0.05, 0) is 37.1 Å². The van der Waals surface area contributed by atoms with E-state index in [-0.39, 0.29) is 24.6 Å². The second kappa shape index (κ2) is 7.28. The van der Waals surface area contributed by atoms with Crippen LogP contribution in [0, 0.1) is 5.92 Å². The van der Waals surface area contributed by atoms with E-state index in [1.54, 1.807) is 10.9 Å². The molecule has 0 spiro atoms. The Bertz CT molecular complexity index is 642. The second-order valence-corrected chi connectivity index (χ2v) is 5.93. The lowest BCUT2D eigenvalue weighted by atomic mass is 9.85. The van der Waals surface area contributed by atoms with Crippen LogP contribution in [0.15, 0.2) is 42.7 Å². The first-order valence-electron chi connectivity index (χ1n) is 8.05. The van der Waals surface area contributed by atoms with E-state index in [1.165, 1.54) is 0 Å². The van der Waals surface area contributed by atoms with Crippen molar-refractivity contribution >= 4 is 11.7 Å². The Morgan fingerprint density at radius 1 is 1.30 bits per heavy atom. The van der Waals surface area contributed by atoms with E-state index in [2.05, 4.69) is 15.7 Å². The van der Waals surface area contributed by atoms with E-state index in [0.29, 0.717) is 5.69 Å². The molecule has 0 radical (unpaired) electrons. The highest BCUT2D eigenvalue weighted by Gasteiger charge is 2.25. The molecule has 2 aromatic rings. The molecule has 6 nitrogen and oxygen atoms in total. The normalized spacial score (nSPS) is 20.9. The van der Waals surface area contributed by atoms with E-state index < -0.39 is 0 Å². The summed E-state index contributed by atoms with van der Waals surface area (Å²) in [7, 11) is 0. The number of rotatable bonds is 4. The molecule has 0 aliphatic heterocycles. The molecule has 1 aromatic carbocycles. The molecule has 23 heavy (non-hydrogen) atoms. The van der Waals surface area contributed by atoms with Crippen molar-refractivity contribution in [3.05, 3.63) is 42.7 Å². The van der Waals surface area contributed by atoms with Gasteiger partial charge in [0.2, 0.25) is 0 Å². The van der Waals surface area contributed by atoms with Crippen molar-refractivity contribution in [3.63, 3.8) is 0 Å². The van der Waals surface area contributed by atoms with Crippen LogP contribution in [-0.4, -0.2) is 33.6 Å². The minimum Gasteiger partial charge on any atom is -0.396 e. The number of aliphatic hydroxyl groups is 1. The Kier molecular flexibility index (Phi) is 4.92. The maximum absolute atomic E-state index is 12.2. The van der Waals surface area contributed by atoms with Gasteiger partial charge in [-0.25, -0.2) is 9.48 Å². The molecule has 122 valence electrons. The third-order valence-electron chi connectivity index (χ3n) is 4.33. The molecule has 1 aliphatic rings. The average molecular weight is 314 g/mol. The fourth-order valence-electron chi connectivity index (χ4n) is 3.10. The lowest BCUT2D eigenvalue weighted by molar-refractivity contribution is 0.156. The van der Waals surface area contributed by atoms with Crippen molar-refractivity contribution in [1.29, 1.82) is 0 Å². The van der Waals surface area contributed by atoms with Gasteiger partial charge in [-0.1, -0.05) is 18.9 Å². The summed E-state index contributed by atoms with van der Waals surface area (Å²) < 4.78 is 1.74. The molecule has 1 aromatic heterocycles. The molecule has 3 N–H and O–H groups in total. The summed E-state index contributed by atoms with van der Waals surface area (Å²) in [5.41, 5.74) is 1.60. The number of carbonyl (C=O) groups excluding carboxylic acids is 1. The van der Waals surface area contributed by atoms with Crippen molar-refractivity contribution in [3.8, 4) is 5.69 Å². The number of nitrogens with one attached hydrogen (secondary N) is 2. The standard InChI is InChI=1S/C17H22N4O2/c22-12-13-5-1-2-8-16(13)20-17(23)19-14-6-3-7-15(11-14)21-10-4-9-18-21/h3-4,6-7,9-11,13,16,22H,1-2,5,8,12H2,(H2,19,20,23). The fraction of sp³-hybridized carbons (Fsp3) is 0.412. The fourth-order valence-corrected chi connectivity index (χ4v) is 3.10. The molecule has 1 saturated carbocycles. The Morgan fingerprint density at radius 2 is 2.17 bits per heavy atom. The lowest BCUT2D eigenvalue weighted by Gasteiger charge is -2.30. The molecule has 2 unspecified atom stereocenters. The first-order valence-corrected chi connectivity index (χ1v) is 8.05. The quantitative estimate of drug-likeness (QED) is 0.811. The highest BCUT2D eigenvalue weighted by Crippen LogP contribution is 2.24. The molecule has 1 aliphatic carbocycles. The third kappa shape index (κ3) is 3.90. The van der Waals surface area contributed by atoms with Crippen molar-refractivity contribution in [2.24, 2.45) is 5.92 Å². The van der Waals surface area contributed by atoms with Crippen LogP contribution in [0.25, 0.3) is 5.69 Å². The van der Waals surface area contributed by atoms with Gasteiger partial charge in [0, 0.05) is 36.6 Å². The maximum atomic E-state index is 12.2. The zero-order valence-corrected chi connectivity index (χ0v) is 13.0. The van der Waals surface area contributed by atoms with Crippen molar-refractivity contribution in [2.45, 2.75) is 31.7 Å². The predicted octanol–water partition coefficient (Wildman–Crippen LogP) is 2.54. The molecular weight excluding hydrogens is 292 g/mol. The van der Waals surface area contributed by atoms with Crippen LogP contribution in [0.1, 0.15) is 25.7 Å². The number of aromatic nitrogens is 2. The van der Waals surface area contributed by atoms with Crippen LogP contribution >= 0.6 is 0 Å². The second-order valence-electron chi connectivity index (χ2n) is 5.93. The molecular formula is C17H22N4O2. The molecule has 1 heterocycles. The van der Waals surface area contributed by atoms with Gasteiger partial charge in [0.1, 0.15) is 0 Å². The molecule has 0 saturated heterocycles. The van der Waals surface area contributed by atoms with Crippen LogP contribution in [0.4, 0.5) is 10.5 Å². The SMILES string of the molecule is O=C(Nc1cccc(-n2cccn2)c1)NC1CCCCC1CO. The zero-order chi connectivity index (χ0) is 16.1. The minimum absolute atomic E-state index is 0.0445. The van der Waals surface area contributed by atoms with Crippen LogP contribution < -0.4 is 10.6 Å². The van der Waals surface area contributed by atoms with E-state index in [9.17, 15) is 9.90 Å². The molecule has 0 bridgehead atoms. The van der Waals surface area contributed by atoms with E-state index in [0.717, 1.165) is 31.4 Å².